The Labute approximate surface area is 218 Å². The van der Waals surface area contributed by atoms with Gasteiger partial charge in [-0.3, -0.25) is 19.3 Å². The molecule has 1 N–H and O–H groups in total. The van der Waals surface area contributed by atoms with Crippen molar-refractivity contribution in [3.8, 4) is 0 Å². The highest BCUT2D eigenvalue weighted by Gasteiger charge is 2.38. The highest BCUT2D eigenvalue weighted by atomic mass is 32.2. The van der Waals surface area contributed by atoms with Crippen molar-refractivity contribution in [2.75, 3.05) is 16.8 Å². The quantitative estimate of drug-likeness (QED) is 0.471. The number of thioether (sulfide) groups is 1. The molecule has 0 spiro atoms. The van der Waals surface area contributed by atoms with Crippen LogP contribution in [0.4, 0.5) is 16.2 Å². The molecule has 1 saturated heterocycles. The number of carbonyl (C=O) groups is 3. The Balaban J connectivity index is 1.52. The van der Waals surface area contributed by atoms with E-state index in [2.05, 4.69) is 57.0 Å². The van der Waals surface area contributed by atoms with Crippen molar-refractivity contribution in [2.24, 2.45) is 0 Å². The SMILES string of the molecule is Cc1ccc(NC(=O)CN2C(=O)S/C(=C\c3ccc4c(c3)[C@H](C)CC(C)(C)N4C(C)C)C2=O)c(C)c1. The lowest BCUT2D eigenvalue weighted by Crippen LogP contribution is -2.51. The summed E-state index contributed by atoms with van der Waals surface area (Å²) in [6.45, 7) is 14.8. The summed E-state index contributed by atoms with van der Waals surface area (Å²) in [5.41, 5.74) is 6.12. The standard InChI is InChI=1S/C29H35N3O3S/c1-17(2)32-24-11-9-21(13-22(24)20(5)15-29(32,6)7)14-25-27(34)31(28(35)36-25)16-26(33)30-23-10-8-18(3)12-19(23)4/h8-14,17,20H,15-16H2,1-7H3,(H,30,33)/b25-14-/t20-/m1/s1. The van der Waals surface area contributed by atoms with E-state index >= 15 is 0 Å². The molecule has 0 unspecified atom stereocenters. The van der Waals surface area contributed by atoms with Crippen LogP contribution in [0.25, 0.3) is 6.08 Å². The maximum absolute atomic E-state index is 13.0. The van der Waals surface area contributed by atoms with Crippen molar-refractivity contribution in [3.05, 3.63) is 63.6 Å². The molecule has 2 aromatic rings. The maximum Gasteiger partial charge on any atom is 0.294 e. The fourth-order valence-electron chi connectivity index (χ4n) is 5.61. The number of nitrogens with one attached hydrogen (secondary N) is 1. The number of imide groups is 1. The second-order valence-electron chi connectivity index (χ2n) is 10.8. The molecule has 1 fully saturated rings. The largest absolute Gasteiger partial charge is 0.364 e. The molecule has 0 aromatic heterocycles. The molecule has 6 nitrogen and oxygen atoms in total. The molecular weight excluding hydrogens is 470 g/mol. The van der Waals surface area contributed by atoms with Gasteiger partial charge >= 0.3 is 0 Å². The fourth-order valence-corrected chi connectivity index (χ4v) is 6.45. The van der Waals surface area contributed by atoms with E-state index < -0.39 is 17.1 Å². The molecule has 0 radical (unpaired) electrons. The molecule has 2 heterocycles. The molecular formula is C29H35N3O3S. The number of rotatable bonds is 5. The van der Waals surface area contributed by atoms with Gasteiger partial charge in [0.25, 0.3) is 11.1 Å². The van der Waals surface area contributed by atoms with Crippen LogP contribution in [0.3, 0.4) is 0 Å². The Morgan fingerprint density at radius 1 is 1.17 bits per heavy atom. The second-order valence-corrected chi connectivity index (χ2v) is 11.8. The minimum Gasteiger partial charge on any atom is -0.364 e. The zero-order valence-corrected chi connectivity index (χ0v) is 23.0. The number of carbonyl (C=O) groups excluding carboxylic acids is 3. The second kappa shape index (κ2) is 9.77. The fraction of sp³-hybridized carbons (Fsp3) is 0.414. The van der Waals surface area contributed by atoms with Crippen LogP contribution < -0.4 is 10.2 Å². The number of amides is 3. The monoisotopic (exact) mass is 505 g/mol. The van der Waals surface area contributed by atoms with Crippen LogP contribution in [0, 0.1) is 13.8 Å². The number of nitrogens with zero attached hydrogens (tertiary/aromatic N) is 2. The predicted molar refractivity (Wildman–Crippen MR) is 148 cm³/mol. The van der Waals surface area contributed by atoms with Gasteiger partial charge in [0.05, 0.1) is 4.91 Å². The van der Waals surface area contributed by atoms with E-state index in [0.29, 0.717) is 22.6 Å². The first kappa shape index (κ1) is 26.0. The number of aryl methyl sites for hydroxylation is 2. The summed E-state index contributed by atoms with van der Waals surface area (Å²) < 4.78 is 0. The first-order valence-electron chi connectivity index (χ1n) is 12.4. The van der Waals surface area contributed by atoms with Crippen molar-refractivity contribution in [1.29, 1.82) is 0 Å². The van der Waals surface area contributed by atoms with E-state index in [1.165, 1.54) is 11.3 Å². The average Bonchev–Trinajstić information content (AvgIpc) is 3.02. The van der Waals surface area contributed by atoms with Gasteiger partial charge in [0, 0.05) is 23.0 Å². The van der Waals surface area contributed by atoms with E-state index in [0.717, 1.165) is 39.8 Å². The lowest BCUT2D eigenvalue weighted by Gasteiger charge is -2.50. The van der Waals surface area contributed by atoms with Crippen molar-refractivity contribution in [3.63, 3.8) is 0 Å². The molecule has 4 rings (SSSR count). The Kier molecular flexibility index (Phi) is 7.06. The molecule has 7 heteroatoms. The summed E-state index contributed by atoms with van der Waals surface area (Å²) in [4.78, 5) is 42.0. The third-order valence-corrected chi connectivity index (χ3v) is 7.85. The molecule has 190 valence electrons. The number of hydrogen-bond donors (Lipinski definition) is 1. The Hall–Kier alpha value is -3.06. The van der Waals surface area contributed by atoms with Crippen LogP contribution in [-0.4, -0.2) is 40.1 Å². The summed E-state index contributed by atoms with van der Waals surface area (Å²) >= 11 is 0.882. The van der Waals surface area contributed by atoms with Gasteiger partial charge in [-0.05, 0) is 107 Å². The van der Waals surface area contributed by atoms with E-state index in [4.69, 9.17) is 0 Å². The normalized spacial score (nSPS) is 20.3. The molecule has 3 amide bonds. The third kappa shape index (κ3) is 5.07. The lowest BCUT2D eigenvalue weighted by atomic mass is 9.79. The molecule has 2 aromatic carbocycles. The van der Waals surface area contributed by atoms with Crippen LogP contribution in [0.5, 0.6) is 0 Å². The van der Waals surface area contributed by atoms with Crippen molar-refractivity contribution in [1.82, 2.24) is 4.90 Å². The zero-order chi connectivity index (χ0) is 26.4. The van der Waals surface area contributed by atoms with Gasteiger partial charge in [-0.2, -0.15) is 0 Å². The van der Waals surface area contributed by atoms with Gasteiger partial charge < -0.3 is 10.2 Å². The van der Waals surface area contributed by atoms with Crippen molar-refractivity contribution >= 4 is 46.3 Å². The molecule has 0 aliphatic carbocycles. The molecule has 1 atom stereocenters. The third-order valence-electron chi connectivity index (χ3n) is 6.95. The van der Waals surface area contributed by atoms with Gasteiger partial charge in [0.2, 0.25) is 5.91 Å². The number of benzene rings is 2. The zero-order valence-electron chi connectivity index (χ0n) is 22.1. The highest BCUT2D eigenvalue weighted by Crippen LogP contribution is 2.45. The van der Waals surface area contributed by atoms with Crippen LogP contribution in [0.15, 0.2) is 41.3 Å². The predicted octanol–water partition coefficient (Wildman–Crippen LogP) is 6.48. The minimum atomic E-state index is -0.434. The highest BCUT2D eigenvalue weighted by molar-refractivity contribution is 8.18. The van der Waals surface area contributed by atoms with Gasteiger partial charge in [-0.1, -0.05) is 30.7 Å². The van der Waals surface area contributed by atoms with Crippen LogP contribution in [-0.2, 0) is 9.59 Å². The summed E-state index contributed by atoms with van der Waals surface area (Å²) in [7, 11) is 0. The van der Waals surface area contributed by atoms with Gasteiger partial charge in [0.15, 0.2) is 0 Å². The van der Waals surface area contributed by atoms with Gasteiger partial charge in [-0.25, -0.2) is 0 Å². The van der Waals surface area contributed by atoms with Crippen LogP contribution in [0.2, 0.25) is 0 Å². The Morgan fingerprint density at radius 3 is 2.56 bits per heavy atom. The topological polar surface area (TPSA) is 69.7 Å². The molecule has 0 bridgehead atoms. The number of hydrogen-bond acceptors (Lipinski definition) is 5. The van der Waals surface area contributed by atoms with Crippen molar-refractivity contribution < 1.29 is 14.4 Å². The molecule has 36 heavy (non-hydrogen) atoms. The Bertz CT molecular complexity index is 1260. The lowest BCUT2D eigenvalue weighted by molar-refractivity contribution is -0.127. The Morgan fingerprint density at radius 2 is 1.89 bits per heavy atom. The summed E-state index contributed by atoms with van der Waals surface area (Å²) in [6, 6.07) is 12.3. The van der Waals surface area contributed by atoms with Crippen LogP contribution >= 0.6 is 11.8 Å². The maximum atomic E-state index is 13.0. The van der Waals surface area contributed by atoms with E-state index in [-0.39, 0.29) is 12.1 Å². The molecule has 2 aliphatic heterocycles. The minimum absolute atomic E-state index is 0.0580. The number of anilines is 2. The van der Waals surface area contributed by atoms with E-state index in [9.17, 15) is 14.4 Å². The van der Waals surface area contributed by atoms with Gasteiger partial charge in [-0.15, -0.1) is 0 Å². The summed E-state index contributed by atoms with van der Waals surface area (Å²) in [5, 5.41) is 2.38. The van der Waals surface area contributed by atoms with E-state index in [1.807, 2.05) is 38.1 Å². The summed E-state index contributed by atoms with van der Waals surface area (Å²) in [5.74, 6) is -0.455. The van der Waals surface area contributed by atoms with Crippen molar-refractivity contribution in [2.45, 2.75) is 72.4 Å². The summed E-state index contributed by atoms with van der Waals surface area (Å²) in [6.07, 6.45) is 2.80. The van der Waals surface area contributed by atoms with Crippen LogP contribution in [0.1, 0.15) is 69.2 Å². The average molecular weight is 506 g/mol. The first-order valence-corrected chi connectivity index (χ1v) is 13.2. The molecule has 2 aliphatic rings. The molecule has 0 saturated carbocycles. The van der Waals surface area contributed by atoms with Gasteiger partial charge in [0.1, 0.15) is 6.54 Å². The smallest absolute Gasteiger partial charge is 0.294 e. The van der Waals surface area contributed by atoms with E-state index in [1.54, 1.807) is 6.08 Å². The number of fused-ring (bicyclic) bond motifs is 1. The first-order chi connectivity index (χ1) is 16.9.